The molecule has 9 nitrogen and oxygen atoms in total. The molecule has 0 aromatic heterocycles. The summed E-state index contributed by atoms with van der Waals surface area (Å²) in [4.78, 5) is 0. The van der Waals surface area contributed by atoms with Crippen LogP contribution in [-0.4, -0.2) is 57.3 Å². The van der Waals surface area contributed by atoms with Gasteiger partial charge in [-0.15, -0.1) is 0 Å². The van der Waals surface area contributed by atoms with Crippen LogP contribution in [0.15, 0.2) is 0 Å². The van der Waals surface area contributed by atoms with Crippen LogP contribution in [-0.2, 0) is 38.2 Å². The van der Waals surface area contributed by atoms with Gasteiger partial charge in [-0.05, 0) is 26.7 Å². The molecule has 3 heterocycles. The van der Waals surface area contributed by atoms with Crippen molar-refractivity contribution in [2.75, 3.05) is 13.2 Å². The highest BCUT2D eigenvalue weighted by molar-refractivity contribution is 7.84. The Bertz CT molecular complexity index is 631. The Morgan fingerprint density at radius 3 is 2.52 bits per heavy atom. The zero-order valence-electron chi connectivity index (χ0n) is 14.4. The normalized spacial score (nSPS) is 42.3. The molecule has 1 saturated carbocycles. The fourth-order valence-electron chi connectivity index (χ4n) is 4.27. The summed E-state index contributed by atoms with van der Waals surface area (Å²) in [5, 5.41) is 4.96. The van der Waals surface area contributed by atoms with Gasteiger partial charge in [0.2, 0.25) is 5.79 Å². The van der Waals surface area contributed by atoms with Gasteiger partial charge in [0.05, 0.1) is 6.61 Å². The van der Waals surface area contributed by atoms with Crippen molar-refractivity contribution in [2.45, 2.75) is 81.6 Å². The molecule has 4 aliphatic rings. The molecule has 0 unspecified atom stereocenters. The molecule has 3 saturated heterocycles. The number of hydrogen-bond donors (Lipinski definition) is 1. The van der Waals surface area contributed by atoms with Gasteiger partial charge in [0.25, 0.3) is 0 Å². The average molecular weight is 379 g/mol. The van der Waals surface area contributed by atoms with Gasteiger partial charge in [0, 0.05) is 12.8 Å². The van der Waals surface area contributed by atoms with Crippen LogP contribution in [0.4, 0.5) is 0 Å². The van der Waals surface area contributed by atoms with Gasteiger partial charge in [0.1, 0.15) is 24.9 Å². The molecule has 4 rings (SSSR count). The Kier molecular flexibility index (Phi) is 4.21. The van der Waals surface area contributed by atoms with Crippen LogP contribution in [0.1, 0.15) is 46.0 Å². The van der Waals surface area contributed by atoms with Crippen molar-refractivity contribution in [2.24, 2.45) is 5.14 Å². The lowest BCUT2D eigenvalue weighted by atomic mass is 9.94. The molecule has 3 aliphatic heterocycles. The van der Waals surface area contributed by atoms with Crippen LogP contribution >= 0.6 is 0 Å². The monoisotopic (exact) mass is 379 g/mol. The smallest absolute Gasteiger partial charge is 0.333 e. The zero-order chi connectivity index (χ0) is 17.9. The highest BCUT2D eigenvalue weighted by Crippen LogP contribution is 2.50. The van der Waals surface area contributed by atoms with Gasteiger partial charge in [-0.25, -0.2) is 5.14 Å². The fourth-order valence-corrected chi connectivity index (χ4v) is 4.60. The number of fused-ring (bicyclic) bond motifs is 3. The summed E-state index contributed by atoms with van der Waals surface area (Å²) in [5.41, 5.74) is 0. The van der Waals surface area contributed by atoms with E-state index >= 15 is 0 Å². The number of rotatable bonds is 3. The summed E-state index contributed by atoms with van der Waals surface area (Å²) in [6, 6.07) is 0. The standard InChI is InChI=1S/C15H25NO8S/c1-13(2)23-12-11-10(21-14(22-11)6-4-3-5-7-14)8-19-15(12,24-13)9-20-25(16,17)18/h10-12H,3-9H2,1-2H3,(H2,16,17,18)/t10-,11-,12+,15+/m1/s1. The minimum Gasteiger partial charge on any atom is -0.343 e. The van der Waals surface area contributed by atoms with Gasteiger partial charge in [-0.2, -0.15) is 8.42 Å². The van der Waals surface area contributed by atoms with E-state index in [0.717, 1.165) is 25.7 Å². The summed E-state index contributed by atoms with van der Waals surface area (Å²) in [5.74, 6) is -2.99. The molecule has 2 N–H and O–H groups in total. The maximum absolute atomic E-state index is 11.2. The van der Waals surface area contributed by atoms with Crippen LogP contribution in [0.5, 0.6) is 0 Å². The lowest BCUT2D eigenvalue weighted by Crippen LogP contribution is -2.60. The molecule has 10 heteroatoms. The third-order valence-corrected chi connectivity index (χ3v) is 5.62. The van der Waals surface area contributed by atoms with E-state index in [9.17, 15) is 8.42 Å². The maximum Gasteiger partial charge on any atom is 0.333 e. The molecule has 0 amide bonds. The fraction of sp³-hybridized carbons (Fsp3) is 1.00. The molecule has 0 aromatic rings. The molecule has 0 radical (unpaired) electrons. The first kappa shape index (κ1) is 18.1. The second-order valence-corrected chi connectivity index (χ2v) is 8.85. The Morgan fingerprint density at radius 1 is 1.12 bits per heavy atom. The molecule has 1 spiro atoms. The summed E-state index contributed by atoms with van der Waals surface area (Å²) >= 11 is 0. The van der Waals surface area contributed by atoms with Gasteiger partial charge in [-0.3, -0.25) is 4.18 Å². The number of ether oxygens (including phenoxy) is 5. The molecule has 1 aliphatic carbocycles. The van der Waals surface area contributed by atoms with E-state index in [1.165, 1.54) is 6.42 Å². The van der Waals surface area contributed by atoms with Crippen molar-refractivity contribution in [3.05, 3.63) is 0 Å². The van der Waals surface area contributed by atoms with E-state index in [1.54, 1.807) is 13.8 Å². The van der Waals surface area contributed by atoms with Crippen LogP contribution in [0.3, 0.4) is 0 Å². The average Bonchev–Trinajstić information content (AvgIpc) is 2.99. The van der Waals surface area contributed by atoms with Gasteiger partial charge < -0.3 is 23.7 Å². The third kappa shape index (κ3) is 3.34. The molecule has 25 heavy (non-hydrogen) atoms. The van der Waals surface area contributed by atoms with Crippen molar-refractivity contribution < 1.29 is 36.3 Å². The van der Waals surface area contributed by atoms with Crippen LogP contribution in [0.25, 0.3) is 0 Å². The number of nitrogens with two attached hydrogens (primary N) is 1. The Balaban J connectivity index is 1.59. The highest BCUT2D eigenvalue weighted by atomic mass is 32.2. The second kappa shape index (κ2) is 5.83. The van der Waals surface area contributed by atoms with E-state index in [0.29, 0.717) is 0 Å². The molecule has 0 aromatic carbocycles. The molecular formula is C15H25NO8S. The third-order valence-electron chi connectivity index (χ3n) is 5.18. The van der Waals surface area contributed by atoms with Crippen molar-refractivity contribution in [1.29, 1.82) is 0 Å². The topological polar surface area (TPSA) is 116 Å². The second-order valence-electron chi connectivity index (χ2n) is 7.63. The predicted octanol–water partition coefficient (Wildman–Crippen LogP) is 0.529. The first-order valence-corrected chi connectivity index (χ1v) is 10.1. The molecular weight excluding hydrogens is 354 g/mol. The van der Waals surface area contributed by atoms with Crippen molar-refractivity contribution in [1.82, 2.24) is 0 Å². The van der Waals surface area contributed by atoms with E-state index in [2.05, 4.69) is 0 Å². The quantitative estimate of drug-likeness (QED) is 0.755. The lowest BCUT2D eigenvalue weighted by molar-refractivity contribution is -0.290. The van der Waals surface area contributed by atoms with Crippen molar-refractivity contribution in [3.63, 3.8) is 0 Å². The molecule has 0 bridgehead atoms. The van der Waals surface area contributed by atoms with Gasteiger partial charge in [0.15, 0.2) is 11.6 Å². The summed E-state index contributed by atoms with van der Waals surface area (Å²) in [7, 11) is -4.14. The van der Waals surface area contributed by atoms with E-state index in [-0.39, 0.29) is 12.7 Å². The van der Waals surface area contributed by atoms with Gasteiger partial charge >= 0.3 is 10.3 Å². The highest BCUT2D eigenvalue weighted by Gasteiger charge is 2.66. The number of hydrogen-bond acceptors (Lipinski definition) is 8. The van der Waals surface area contributed by atoms with E-state index in [4.69, 9.17) is 33.0 Å². The summed E-state index contributed by atoms with van der Waals surface area (Å²) < 4.78 is 57.5. The van der Waals surface area contributed by atoms with Crippen LogP contribution in [0, 0.1) is 0 Å². The van der Waals surface area contributed by atoms with Crippen molar-refractivity contribution >= 4 is 10.3 Å². The van der Waals surface area contributed by atoms with Crippen LogP contribution in [0.2, 0.25) is 0 Å². The first-order chi connectivity index (χ1) is 11.6. The molecule has 4 fully saturated rings. The minimum absolute atomic E-state index is 0.205. The van der Waals surface area contributed by atoms with E-state index < -0.39 is 46.5 Å². The van der Waals surface area contributed by atoms with E-state index in [1.807, 2.05) is 0 Å². The predicted molar refractivity (Wildman–Crippen MR) is 83.3 cm³/mol. The minimum atomic E-state index is -4.14. The Labute approximate surface area is 147 Å². The van der Waals surface area contributed by atoms with Crippen molar-refractivity contribution in [3.8, 4) is 0 Å². The SMILES string of the molecule is CC1(C)O[C@H]2[C@@H]3OC4(CCCCC4)O[C@@H]3CO[C@@]2(COS(N)(=O)=O)O1. The van der Waals surface area contributed by atoms with Crippen LogP contribution < -0.4 is 5.14 Å². The summed E-state index contributed by atoms with van der Waals surface area (Å²) in [6.07, 6.45) is 3.55. The Hall–Kier alpha value is -0.330. The largest absolute Gasteiger partial charge is 0.343 e. The maximum atomic E-state index is 11.2. The first-order valence-electron chi connectivity index (χ1n) is 8.67. The Morgan fingerprint density at radius 2 is 1.84 bits per heavy atom. The zero-order valence-corrected chi connectivity index (χ0v) is 15.2. The van der Waals surface area contributed by atoms with Gasteiger partial charge in [-0.1, -0.05) is 6.42 Å². The molecule has 4 atom stereocenters. The lowest BCUT2D eigenvalue weighted by Gasteiger charge is -2.40. The summed E-state index contributed by atoms with van der Waals surface area (Å²) in [6.45, 7) is 3.26. The molecule has 144 valence electrons.